The van der Waals surface area contributed by atoms with Gasteiger partial charge < -0.3 is 0 Å². The van der Waals surface area contributed by atoms with Crippen LogP contribution in [0.5, 0.6) is 0 Å². The lowest BCUT2D eigenvalue weighted by atomic mass is 10.1. The molecule has 3 rings (SSSR count). The molecule has 1 N–H and O–H groups in total. The molecule has 2 aromatic carbocycles. The highest BCUT2D eigenvalue weighted by Gasteiger charge is 2.10. The smallest absolute Gasteiger partial charge is 0.271 e. The number of aromatic nitrogens is 2. The van der Waals surface area contributed by atoms with Crippen molar-refractivity contribution in [2.45, 2.75) is 20.1 Å². The normalized spacial score (nSPS) is 10.7. The van der Waals surface area contributed by atoms with Crippen molar-refractivity contribution in [2.75, 3.05) is 0 Å². The van der Waals surface area contributed by atoms with Gasteiger partial charge in [-0.25, -0.2) is 10.2 Å². The number of carbonyl (C=O) groups excluding carboxylic acids is 1. The van der Waals surface area contributed by atoms with E-state index in [1.807, 2.05) is 49.4 Å². The number of hydrogen-bond donors (Lipinski definition) is 1. The van der Waals surface area contributed by atoms with Gasteiger partial charge in [0.15, 0.2) is 0 Å². The maximum Gasteiger partial charge on any atom is 0.275 e. The predicted molar refractivity (Wildman–Crippen MR) is 90.1 cm³/mol. The summed E-state index contributed by atoms with van der Waals surface area (Å²) in [4.78, 5) is 29.5. The molecule has 122 valence electrons. The van der Waals surface area contributed by atoms with E-state index in [4.69, 9.17) is 4.84 Å². The number of rotatable bonds is 5. The molecule has 24 heavy (non-hydrogen) atoms. The number of carbonyl (C=O) groups is 1. The highest BCUT2D eigenvalue weighted by atomic mass is 16.6. The van der Waals surface area contributed by atoms with Gasteiger partial charge in [-0.1, -0.05) is 48.5 Å². The Morgan fingerprint density at radius 3 is 2.50 bits per heavy atom. The fraction of sp³-hybridized carbons (Fsp3) is 0.167. The number of fused-ring (bicyclic) bond motifs is 1. The van der Waals surface area contributed by atoms with Crippen LogP contribution in [0.25, 0.3) is 10.8 Å². The van der Waals surface area contributed by atoms with Gasteiger partial charge in [-0.2, -0.15) is 5.10 Å². The van der Waals surface area contributed by atoms with Gasteiger partial charge in [-0.15, -0.1) is 0 Å². The Morgan fingerprint density at radius 1 is 1.08 bits per heavy atom. The highest BCUT2D eigenvalue weighted by molar-refractivity contribution is 5.83. The summed E-state index contributed by atoms with van der Waals surface area (Å²) >= 11 is 0. The maximum atomic E-state index is 12.4. The molecule has 0 fully saturated rings. The third-order valence-electron chi connectivity index (χ3n) is 3.61. The average Bonchev–Trinajstić information content (AvgIpc) is 2.60. The van der Waals surface area contributed by atoms with E-state index in [0.717, 1.165) is 15.6 Å². The molecule has 0 unspecified atom stereocenters. The zero-order chi connectivity index (χ0) is 16.9. The van der Waals surface area contributed by atoms with Crippen molar-refractivity contribution >= 4 is 16.7 Å². The second-order valence-corrected chi connectivity index (χ2v) is 5.39. The molecule has 0 radical (unpaired) electrons. The molecule has 0 aliphatic rings. The third kappa shape index (κ3) is 3.49. The van der Waals surface area contributed by atoms with E-state index in [9.17, 15) is 9.59 Å². The molecule has 3 aromatic rings. The van der Waals surface area contributed by atoms with Crippen molar-refractivity contribution in [3.8, 4) is 0 Å². The number of aryl methyl sites for hydroxylation is 1. The number of nitrogens with one attached hydrogen (secondary N) is 1. The van der Waals surface area contributed by atoms with Crippen LogP contribution in [0.2, 0.25) is 0 Å². The molecule has 0 spiro atoms. The van der Waals surface area contributed by atoms with Gasteiger partial charge in [-0.3, -0.25) is 14.4 Å². The van der Waals surface area contributed by atoms with Gasteiger partial charge in [0.05, 0.1) is 17.7 Å². The first-order valence-corrected chi connectivity index (χ1v) is 7.56. The topological polar surface area (TPSA) is 73.2 Å². The molecule has 0 saturated carbocycles. The minimum Gasteiger partial charge on any atom is -0.271 e. The monoisotopic (exact) mass is 323 g/mol. The van der Waals surface area contributed by atoms with E-state index in [2.05, 4.69) is 10.6 Å². The second kappa shape index (κ2) is 7.06. The zero-order valence-electron chi connectivity index (χ0n) is 13.2. The Labute approximate surface area is 138 Å². The lowest BCUT2D eigenvalue weighted by Crippen LogP contribution is -2.34. The van der Waals surface area contributed by atoms with Crippen LogP contribution in [-0.4, -0.2) is 15.7 Å². The number of hydroxylamine groups is 1. The van der Waals surface area contributed by atoms with Gasteiger partial charge in [0.2, 0.25) is 0 Å². The largest absolute Gasteiger partial charge is 0.275 e. The third-order valence-corrected chi connectivity index (χ3v) is 3.61. The van der Waals surface area contributed by atoms with Crippen molar-refractivity contribution in [3.05, 3.63) is 76.2 Å². The first-order valence-electron chi connectivity index (χ1n) is 7.56. The molecule has 1 amide bonds. The molecule has 1 heterocycles. The minimum absolute atomic E-state index is 0.195. The van der Waals surface area contributed by atoms with Crippen LogP contribution in [0.4, 0.5) is 0 Å². The minimum atomic E-state index is -0.435. The van der Waals surface area contributed by atoms with Crippen molar-refractivity contribution in [2.24, 2.45) is 0 Å². The van der Waals surface area contributed by atoms with Crippen molar-refractivity contribution in [3.63, 3.8) is 0 Å². The van der Waals surface area contributed by atoms with Crippen LogP contribution in [0.15, 0.2) is 59.4 Å². The molecular formula is C18H17N3O3. The van der Waals surface area contributed by atoms with Crippen LogP contribution in [0.3, 0.4) is 0 Å². The van der Waals surface area contributed by atoms with E-state index in [-0.39, 0.29) is 18.7 Å². The number of benzene rings is 2. The summed E-state index contributed by atoms with van der Waals surface area (Å²) < 4.78 is 1.15. The quantitative estimate of drug-likeness (QED) is 0.729. The first kappa shape index (κ1) is 15.9. The predicted octanol–water partition coefficient (Wildman–Crippen LogP) is 1.95. The molecule has 6 heteroatoms. The van der Waals surface area contributed by atoms with Crippen molar-refractivity contribution in [1.29, 1.82) is 0 Å². The number of nitrogens with zero attached hydrogens (tertiary/aromatic N) is 2. The van der Waals surface area contributed by atoms with Crippen molar-refractivity contribution < 1.29 is 9.63 Å². The summed E-state index contributed by atoms with van der Waals surface area (Å²) in [7, 11) is 0. The maximum absolute atomic E-state index is 12.4. The van der Waals surface area contributed by atoms with Gasteiger partial charge in [0, 0.05) is 5.39 Å². The molecule has 0 atom stereocenters. The van der Waals surface area contributed by atoms with Crippen LogP contribution >= 0.6 is 0 Å². The summed E-state index contributed by atoms with van der Waals surface area (Å²) in [6, 6.07) is 16.7. The molecule has 0 aliphatic heterocycles. The fourth-order valence-electron chi connectivity index (χ4n) is 2.45. The Kier molecular flexibility index (Phi) is 4.67. The number of amides is 1. The van der Waals surface area contributed by atoms with Crippen LogP contribution < -0.4 is 11.0 Å². The Balaban J connectivity index is 1.67. The van der Waals surface area contributed by atoms with Crippen LogP contribution in [0.1, 0.15) is 11.3 Å². The molecule has 0 bridgehead atoms. The van der Waals surface area contributed by atoms with Gasteiger partial charge in [0.1, 0.15) is 6.54 Å². The van der Waals surface area contributed by atoms with Gasteiger partial charge >= 0.3 is 0 Å². The summed E-state index contributed by atoms with van der Waals surface area (Å²) in [6.45, 7) is 1.87. The summed E-state index contributed by atoms with van der Waals surface area (Å²) in [5.41, 5.74) is 3.68. The van der Waals surface area contributed by atoms with E-state index < -0.39 is 5.91 Å². The van der Waals surface area contributed by atoms with E-state index in [1.165, 1.54) is 0 Å². The lowest BCUT2D eigenvalue weighted by Gasteiger charge is -2.09. The fourth-order valence-corrected chi connectivity index (χ4v) is 2.45. The molecule has 1 aromatic heterocycles. The summed E-state index contributed by atoms with van der Waals surface area (Å²) in [5, 5.41) is 5.53. The summed E-state index contributed by atoms with van der Waals surface area (Å²) in [6.07, 6.45) is 0. The Morgan fingerprint density at radius 2 is 1.75 bits per heavy atom. The van der Waals surface area contributed by atoms with Gasteiger partial charge in [0.25, 0.3) is 11.5 Å². The van der Waals surface area contributed by atoms with Crippen molar-refractivity contribution in [1.82, 2.24) is 15.3 Å². The SMILES string of the molecule is Cc1nn(CC(=O)NOCc2ccccc2)c(=O)c2ccccc12. The van der Waals surface area contributed by atoms with Gasteiger partial charge in [-0.05, 0) is 18.6 Å². The molecule has 0 aliphatic carbocycles. The second-order valence-electron chi connectivity index (χ2n) is 5.39. The number of hydrogen-bond acceptors (Lipinski definition) is 4. The van der Waals surface area contributed by atoms with E-state index in [0.29, 0.717) is 11.1 Å². The Bertz CT molecular complexity index is 920. The first-order chi connectivity index (χ1) is 11.6. The van der Waals surface area contributed by atoms with Crippen LogP contribution in [0, 0.1) is 6.92 Å². The highest BCUT2D eigenvalue weighted by Crippen LogP contribution is 2.11. The molecule has 6 nitrogen and oxygen atoms in total. The zero-order valence-corrected chi connectivity index (χ0v) is 13.2. The van der Waals surface area contributed by atoms with Crippen LogP contribution in [-0.2, 0) is 22.8 Å². The molecular weight excluding hydrogens is 306 g/mol. The average molecular weight is 323 g/mol. The standard InChI is InChI=1S/C18H17N3O3/c1-13-15-9-5-6-10-16(15)18(23)21(19-13)11-17(22)20-24-12-14-7-3-2-4-8-14/h2-10H,11-12H2,1H3,(H,20,22). The van der Waals surface area contributed by atoms with E-state index >= 15 is 0 Å². The Hall–Kier alpha value is -2.99. The van der Waals surface area contributed by atoms with E-state index in [1.54, 1.807) is 12.1 Å². The lowest BCUT2D eigenvalue weighted by molar-refractivity contribution is -0.135. The molecule has 0 saturated heterocycles. The summed E-state index contributed by atoms with van der Waals surface area (Å²) in [5.74, 6) is -0.435.